The second-order valence-corrected chi connectivity index (χ2v) is 6.03. The zero-order valence-electron chi connectivity index (χ0n) is 13.5. The van der Waals surface area contributed by atoms with Crippen molar-refractivity contribution >= 4 is 34.6 Å². The van der Waals surface area contributed by atoms with Crippen molar-refractivity contribution in [2.75, 3.05) is 17.8 Å². The van der Waals surface area contributed by atoms with Gasteiger partial charge in [-0.1, -0.05) is 48.2 Å². The van der Waals surface area contributed by atoms with Gasteiger partial charge in [0.2, 0.25) is 0 Å². The van der Waals surface area contributed by atoms with Crippen LogP contribution in [0.1, 0.15) is 5.56 Å². The molecule has 3 rings (SSSR count). The zero-order chi connectivity index (χ0) is 17.6. The van der Waals surface area contributed by atoms with Gasteiger partial charge in [-0.2, -0.15) is 5.26 Å². The molecule has 1 amide bonds. The van der Waals surface area contributed by atoms with E-state index in [1.807, 2.05) is 54.6 Å². The molecule has 1 aliphatic rings. The average molecular weight is 349 g/mol. The molecular weight excluding hydrogens is 334 g/mol. The minimum absolute atomic E-state index is 0.220. The van der Waals surface area contributed by atoms with Crippen molar-refractivity contribution in [2.45, 2.75) is 0 Å². The lowest BCUT2D eigenvalue weighted by molar-refractivity contribution is -0.113. The Morgan fingerprint density at radius 1 is 1.20 bits per heavy atom. The highest BCUT2D eigenvalue weighted by Crippen LogP contribution is 2.30. The lowest BCUT2D eigenvalue weighted by atomic mass is 10.1. The van der Waals surface area contributed by atoms with Crippen LogP contribution in [-0.2, 0) is 4.79 Å². The maximum absolute atomic E-state index is 12.9. The lowest BCUT2D eigenvalue weighted by Crippen LogP contribution is -2.30. The van der Waals surface area contributed by atoms with Crippen LogP contribution in [-0.4, -0.2) is 23.9 Å². The van der Waals surface area contributed by atoms with Gasteiger partial charge < -0.3 is 4.74 Å². The maximum Gasteiger partial charge on any atom is 0.283 e. The van der Waals surface area contributed by atoms with Crippen molar-refractivity contribution in [2.24, 2.45) is 4.99 Å². The second-order valence-electron chi connectivity index (χ2n) is 5.09. The Labute approximate surface area is 150 Å². The highest BCUT2D eigenvalue weighted by atomic mass is 32.2. The Balaban J connectivity index is 2.01. The molecule has 2 aromatic rings. The molecule has 0 aromatic heterocycles. The average Bonchev–Trinajstić information content (AvgIpc) is 2.96. The molecule has 0 aliphatic carbocycles. The van der Waals surface area contributed by atoms with Crippen LogP contribution in [0.25, 0.3) is 6.08 Å². The van der Waals surface area contributed by atoms with Crippen LogP contribution in [0.3, 0.4) is 0 Å². The van der Waals surface area contributed by atoms with Gasteiger partial charge in [-0.15, -0.1) is 0 Å². The number of anilines is 1. The lowest BCUT2D eigenvalue weighted by Gasteiger charge is -2.16. The fourth-order valence-corrected chi connectivity index (χ4v) is 3.10. The van der Waals surface area contributed by atoms with E-state index in [2.05, 4.69) is 11.1 Å². The summed E-state index contributed by atoms with van der Waals surface area (Å²) in [5.74, 6) is 0.664. The molecule has 1 heterocycles. The molecule has 0 radical (unpaired) electrons. The van der Waals surface area contributed by atoms with Crippen LogP contribution in [0.15, 0.2) is 65.3 Å². The SMILES string of the molecule is COc1ccccc1/C=C1/N=C(SCC#N)N(c2ccccc2)C1=O. The number of rotatable bonds is 4. The summed E-state index contributed by atoms with van der Waals surface area (Å²) in [5, 5.41) is 9.36. The number of amidine groups is 1. The molecule has 0 saturated carbocycles. The van der Waals surface area contributed by atoms with Gasteiger partial charge in [0.1, 0.15) is 11.4 Å². The van der Waals surface area contributed by atoms with Gasteiger partial charge >= 0.3 is 0 Å². The Bertz CT molecular complexity index is 885. The number of para-hydroxylation sites is 2. The molecule has 0 spiro atoms. The number of nitrogens with zero attached hydrogens (tertiary/aromatic N) is 3. The van der Waals surface area contributed by atoms with E-state index in [9.17, 15) is 4.79 Å². The van der Waals surface area contributed by atoms with Crippen molar-refractivity contribution in [3.63, 3.8) is 0 Å². The summed E-state index contributed by atoms with van der Waals surface area (Å²) < 4.78 is 5.33. The minimum atomic E-state index is -0.224. The quantitative estimate of drug-likeness (QED) is 0.790. The Morgan fingerprint density at radius 2 is 1.92 bits per heavy atom. The second kappa shape index (κ2) is 7.69. The number of carbonyl (C=O) groups excluding carboxylic acids is 1. The first-order chi connectivity index (χ1) is 12.2. The van der Waals surface area contributed by atoms with E-state index in [4.69, 9.17) is 10.00 Å². The van der Waals surface area contributed by atoms with E-state index in [1.165, 1.54) is 16.7 Å². The van der Waals surface area contributed by atoms with Crippen molar-refractivity contribution in [1.29, 1.82) is 5.26 Å². The monoisotopic (exact) mass is 349 g/mol. The fourth-order valence-electron chi connectivity index (χ4n) is 2.43. The number of aliphatic imine (C=N–C) groups is 1. The summed E-state index contributed by atoms with van der Waals surface area (Å²) in [5.41, 5.74) is 1.81. The van der Waals surface area contributed by atoms with Gasteiger partial charge in [0.05, 0.1) is 24.6 Å². The van der Waals surface area contributed by atoms with Crippen molar-refractivity contribution < 1.29 is 9.53 Å². The van der Waals surface area contributed by atoms with E-state index < -0.39 is 0 Å². The molecule has 1 aliphatic heterocycles. The van der Waals surface area contributed by atoms with Gasteiger partial charge in [0.25, 0.3) is 5.91 Å². The van der Waals surface area contributed by atoms with Crippen molar-refractivity contribution in [1.82, 2.24) is 0 Å². The van der Waals surface area contributed by atoms with Gasteiger partial charge in [-0.25, -0.2) is 4.99 Å². The first-order valence-corrected chi connectivity index (χ1v) is 8.56. The number of thioether (sulfide) groups is 1. The van der Waals surface area contributed by atoms with E-state index >= 15 is 0 Å². The largest absolute Gasteiger partial charge is 0.496 e. The first kappa shape index (κ1) is 16.8. The van der Waals surface area contributed by atoms with Crippen LogP contribution in [0.2, 0.25) is 0 Å². The van der Waals surface area contributed by atoms with Crippen molar-refractivity contribution in [3.05, 3.63) is 65.9 Å². The molecular formula is C19H15N3O2S. The number of benzene rings is 2. The Kier molecular flexibility index (Phi) is 5.17. The maximum atomic E-state index is 12.9. The predicted molar refractivity (Wildman–Crippen MR) is 100 cm³/mol. The van der Waals surface area contributed by atoms with E-state index in [-0.39, 0.29) is 11.7 Å². The van der Waals surface area contributed by atoms with Crippen LogP contribution in [0, 0.1) is 11.3 Å². The molecule has 0 atom stereocenters. The predicted octanol–water partition coefficient (Wildman–Crippen LogP) is 3.70. The van der Waals surface area contributed by atoms with Gasteiger partial charge in [0, 0.05) is 5.56 Å². The molecule has 0 fully saturated rings. The molecule has 124 valence electrons. The first-order valence-electron chi connectivity index (χ1n) is 7.57. The normalized spacial score (nSPS) is 15.2. The Hall–Kier alpha value is -3.04. The molecule has 2 aromatic carbocycles. The third-order valence-corrected chi connectivity index (χ3v) is 4.35. The standard InChI is InChI=1S/C19H15N3O2S/c1-24-17-10-6-5-7-14(17)13-16-18(23)22(15-8-3-2-4-9-15)19(21-16)25-12-11-20/h2-10,13H,12H2,1H3/b16-13+. The third kappa shape index (κ3) is 3.57. The van der Waals surface area contributed by atoms with Gasteiger partial charge in [-0.05, 0) is 24.3 Å². The number of nitriles is 1. The highest BCUT2D eigenvalue weighted by Gasteiger charge is 2.31. The summed E-state index contributed by atoms with van der Waals surface area (Å²) in [7, 11) is 1.58. The molecule has 0 saturated heterocycles. The number of methoxy groups -OCH3 is 1. The number of hydrogen-bond donors (Lipinski definition) is 0. The molecule has 0 bridgehead atoms. The topological polar surface area (TPSA) is 65.7 Å². The number of ether oxygens (including phenoxy) is 1. The van der Waals surface area contributed by atoms with Crippen LogP contribution in [0.4, 0.5) is 5.69 Å². The van der Waals surface area contributed by atoms with Crippen LogP contribution in [0.5, 0.6) is 5.75 Å². The summed E-state index contributed by atoms with van der Waals surface area (Å²) in [4.78, 5) is 18.9. The summed E-state index contributed by atoms with van der Waals surface area (Å²) >= 11 is 1.24. The van der Waals surface area contributed by atoms with E-state index in [0.29, 0.717) is 16.6 Å². The number of carbonyl (C=O) groups is 1. The summed E-state index contributed by atoms with van der Waals surface area (Å²) in [6.07, 6.45) is 1.71. The Morgan fingerprint density at radius 3 is 2.64 bits per heavy atom. The molecule has 25 heavy (non-hydrogen) atoms. The smallest absolute Gasteiger partial charge is 0.283 e. The van der Waals surface area contributed by atoms with E-state index in [0.717, 1.165) is 11.3 Å². The van der Waals surface area contributed by atoms with E-state index in [1.54, 1.807) is 13.2 Å². The number of amides is 1. The van der Waals surface area contributed by atoms with Gasteiger partial charge in [-0.3, -0.25) is 9.69 Å². The van der Waals surface area contributed by atoms with Crippen LogP contribution >= 0.6 is 11.8 Å². The number of hydrogen-bond acceptors (Lipinski definition) is 5. The van der Waals surface area contributed by atoms with Crippen LogP contribution < -0.4 is 9.64 Å². The van der Waals surface area contributed by atoms with Gasteiger partial charge in [0.15, 0.2) is 5.17 Å². The molecule has 5 nitrogen and oxygen atoms in total. The minimum Gasteiger partial charge on any atom is -0.496 e. The molecule has 0 N–H and O–H groups in total. The zero-order valence-corrected chi connectivity index (χ0v) is 14.4. The van der Waals surface area contributed by atoms with Crippen molar-refractivity contribution in [3.8, 4) is 11.8 Å². The summed E-state index contributed by atoms with van der Waals surface area (Å²) in [6.45, 7) is 0. The third-order valence-electron chi connectivity index (χ3n) is 3.54. The molecule has 6 heteroatoms. The highest BCUT2D eigenvalue weighted by molar-refractivity contribution is 8.14. The summed E-state index contributed by atoms with van der Waals surface area (Å²) in [6, 6.07) is 18.8. The fraction of sp³-hybridized carbons (Fsp3) is 0.105. The molecule has 0 unspecified atom stereocenters.